The summed E-state index contributed by atoms with van der Waals surface area (Å²) < 4.78 is 1.59. The summed E-state index contributed by atoms with van der Waals surface area (Å²) in [4.78, 5) is 25.0. The zero-order valence-electron chi connectivity index (χ0n) is 11.8. The van der Waals surface area contributed by atoms with Gasteiger partial charge in [-0.15, -0.1) is 0 Å². The molecule has 0 radical (unpaired) electrons. The minimum absolute atomic E-state index is 0.0183. The van der Waals surface area contributed by atoms with E-state index in [1.165, 1.54) is 6.20 Å². The minimum atomic E-state index is -0.965. The van der Waals surface area contributed by atoms with Crippen molar-refractivity contribution < 1.29 is 14.7 Å². The summed E-state index contributed by atoms with van der Waals surface area (Å²) in [6.07, 6.45) is 3.20. The molecule has 0 aliphatic carbocycles. The second-order valence-corrected chi connectivity index (χ2v) is 5.12. The highest BCUT2D eigenvalue weighted by molar-refractivity contribution is 5.88. The van der Waals surface area contributed by atoms with Crippen molar-refractivity contribution >= 4 is 11.9 Å². The zero-order chi connectivity index (χ0) is 14.7. The van der Waals surface area contributed by atoms with Crippen LogP contribution in [0.1, 0.15) is 28.9 Å². The molecule has 1 aromatic heterocycles. The van der Waals surface area contributed by atoms with Gasteiger partial charge in [-0.25, -0.2) is 4.79 Å². The molecule has 2 heterocycles. The largest absolute Gasteiger partial charge is 0.478 e. The second kappa shape index (κ2) is 6.04. The van der Waals surface area contributed by atoms with Crippen LogP contribution in [0.3, 0.4) is 0 Å². The third-order valence-electron chi connectivity index (χ3n) is 3.79. The number of nitrogens with zero attached hydrogens (tertiary/aromatic N) is 3. The maximum Gasteiger partial charge on any atom is 0.339 e. The molecule has 110 valence electrons. The molecule has 1 amide bonds. The fraction of sp³-hybridized carbons (Fsp3) is 0.615. The number of aromatic carboxylic acids is 1. The number of amides is 1. The van der Waals surface area contributed by atoms with Crippen LogP contribution in [0.5, 0.6) is 0 Å². The van der Waals surface area contributed by atoms with Crippen LogP contribution in [0.25, 0.3) is 0 Å². The number of carboxylic acids is 1. The standard InChI is InChI=1S/C13H20N4O3/c1-14-12(18)9-4-3-5-17(7-9)8-11-10(13(19)20)6-15-16(11)2/h6,9H,3-5,7-8H2,1-2H3,(H,14,18)(H,19,20). The smallest absolute Gasteiger partial charge is 0.339 e. The number of hydrogen-bond donors (Lipinski definition) is 2. The molecule has 1 aromatic rings. The molecule has 7 nitrogen and oxygen atoms in total. The molecular formula is C13H20N4O3. The Morgan fingerprint density at radius 1 is 1.55 bits per heavy atom. The zero-order valence-corrected chi connectivity index (χ0v) is 11.8. The molecule has 2 N–H and O–H groups in total. The molecule has 20 heavy (non-hydrogen) atoms. The Morgan fingerprint density at radius 3 is 2.95 bits per heavy atom. The van der Waals surface area contributed by atoms with Crippen LogP contribution in [0.15, 0.2) is 6.20 Å². The van der Waals surface area contributed by atoms with Crippen molar-refractivity contribution in [3.05, 3.63) is 17.5 Å². The fourth-order valence-electron chi connectivity index (χ4n) is 2.66. The van der Waals surface area contributed by atoms with E-state index in [1.807, 2.05) is 0 Å². The van der Waals surface area contributed by atoms with E-state index in [0.717, 1.165) is 19.4 Å². The van der Waals surface area contributed by atoms with Gasteiger partial charge in [-0.05, 0) is 19.4 Å². The number of carbonyl (C=O) groups is 2. The number of carboxylic acid groups (broad SMARTS) is 1. The molecule has 1 aliphatic rings. The molecule has 1 atom stereocenters. The van der Waals surface area contributed by atoms with Crippen molar-refractivity contribution in [3.8, 4) is 0 Å². The van der Waals surface area contributed by atoms with Crippen LogP contribution in [-0.2, 0) is 18.4 Å². The molecule has 0 saturated carbocycles. The summed E-state index contributed by atoms with van der Waals surface area (Å²) in [7, 11) is 3.38. The second-order valence-electron chi connectivity index (χ2n) is 5.12. The lowest BCUT2D eigenvalue weighted by Crippen LogP contribution is -2.42. The van der Waals surface area contributed by atoms with Crippen LogP contribution in [0.2, 0.25) is 0 Å². The van der Waals surface area contributed by atoms with Gasteiger partial charge in [-0.2, -0.15) is 5.10 Å². The van der Waals surface area contributed by atoms with Gasteiger partial charge in [0.25, 0.3) is 0 Å². The first-order valence-corrected chi connectivity index (χ1v) is 6.71. The first-order valence-electron chi connectivity index (χ1n) is 6.71. The van der Waals surface area contributed by atoms with Crippen molar-refractivity contribution in [3.63, 3.8) is 0 Å². The molecular weight excluding hydrogens is 260 g/mol. The third kappa shape index (κ3) is 2.98. The van der Waals surface area contributed by atoms with Gasteiger partial charge in [-0.1, -0.05) is 0 Å². The molecule has 0 aromatic carbocycles. The average Bonchev–Trinajstić information content (AvgIpc) is 2.80. The van der Waals surface area contributed by atoms with E-state index in [4.69, 9.17) is 5.11 Å². The highest BCUT2D eigenvalue weighted by atomic mass is 16.4. The highest BCUT2D eigenvalue weighted by Gasteiger charge is 2.26. The highest BCUT2D eigenvalue weighted by Crippen LogP contribution is 2.20. The van der Waals surface area contributed by atoms with Gasteiger partial charge in [0.15, 0.2) is 0 Å². The van der Waals surface area contributed by atoms with Crippen LogP contribution in [-0.4, -0.2) is 51.8 Å². The summed E-state index contributed by atoms with van der Waals surface area (Å²) in [5.74, 6) is -0.929. The van der Waals surface area contributed by atoms with Gasteiger partial charge < -0.3 is 10.4 Å². The lowest BCUT2D eigenvalue weighted by atomic mass is 9.97. The predicted molar refractivity (Wildman–Crippen MR) is 72.2 cm³/mol. The normalized spacial score (nSPS) is 19.8. The van der Waals surface area contributed by atoms with E-state index in [9.17, 15) is 9.59 Å². The lowest BCUT2D eigenvalue weighted by molar-refractivity contribution is -0.126. The molecule has 2 rings (SSSR count). The van der Waals surface area contributed by atoms with E-state index < -0.39 is 5.97 Å². The molecule has 0 spiro atoms. The Kier molecular flexibility index (Phi) is 4.39. The first-order chi connectivity index (χ1) is 9.52. The number of carbonyl (C=O) groups excluding carboxylic acids is 1. The summed E-state index contributed by atoms with van der Waals surface area (Å²) in [5, 5.41) is 15.8. The molecule has 0 bridgehead atoms. The quantitative estimate of drug-likeness (QED) is 0.815. The molecule has 1 fully saturated rings. The first kappa shape index (κ1) is 14.5. The third-order valence-corrected chi connectivity index (χ3v) is 3.79. The maximum absolute atomic E-state index is 11.7. The van der Waals surface area contributed by atoms with Gasteiger partial charge in [0.2, 0.25) is 5.91 Å². The summed E-state index contributed by atoms with van der Waals surface area (Å²) in [6.45, 7) is 2.03. The number of aromatic nitrogens is 2. The number of piperidine rings is 1. The van der Waals surface area contributed by atoms with E-state index in [-0.39, 0.29) is 17.4 Å². The van der Waals surface area contributed by atoms with Gasteiger partial charge in [0.05, 0.1) is 17.8 Å². The van der Waals surface area contributed by atoms with E-state index in [0.29, 0.717) is 18.8 Å². The van der Waals surface area contributed by atoms with Gasteiger partial charge >= 0.3 is 5.97 Å². The average molecular weight is 280 g/mol. The molecule has 1 saturated heterocycles. The van der Waals surface area contributed by atoms with Gasteiger partial charge in [0.1, 0.15) is 5.56 Å². The lowest BCUT2D eigenvalue weighted by Gasteiger charge is -2.31. The van der Waals surface area contributed by atoms with Crippen LogP contribution in [0.4, 0.5) is 0 Å². The Hall–Kier alpha value is -1.89. The number of rotatable bonds is 4. The number of aryl methyl sites for hydroxylation is 1. The fourth-order valence-corrected chi connectivity index (χ4v) is 2.66. The van der Waals surface area contributed by atoms with Crippen molar-refractivity contribution in [2.75, 3.05) is 20.1 Å². The monoisotopic (exact) mass is 280 g/mol. The number of nitrogens with one attached hydrogen (secondary N) is 1. The summed E-state index contributed by atoms with van der Waals surface area (Å²) in [5.41, 5.74) is 0.907. The predicted octanol–water partition coefficient (Wildman–Crippen LogP) is 0.0763. The molecule has 7 heteroatoms. The van der Waals surface area contributed by atoms with Gasteiger partial charge in [0, 0.05) is 27.2 Å². The van der Waals surface area contributed by atoms with E-state index >= 15 is 0 Å². The van der Waals surface area contributed by atoms with E-state index in [2.05, 4.69) is 15.3 Å². The van der Waals surface area contributed by atoms with Crippen molar-refractivity contribution in [1.82, 2.24) is 20.0 Å². The summed E-state index contributed by atoms with van der Waals surface area (Å²) >= 11 is 0. The maximum atomic E-state index is 11.7. The molecule has 1 aliphatic heterocycles. The van der Waals surface area contributed by atoms with Crippen LogP contribution < -0.4 is 5.32 Å². The minimum Gasteiger partial charge on any atom is -0.478 e. The van der Waals surface area contributed by atoms with Crippen molar-refractivity contribution in [2.24, 2.45) is 13.0 Å². The number of likely N-dealkylation sites (tertiary alicyclic amines) is 1. The summed E-state index contributed by atoms with van der Waals surface area (Å²) in [6, 6.07) is 0. The van der Waals surface area contributed by atoms with Crippen molar-refractivity contribution in [2.45, 2.75) is 19.4 Å². The SMILES string of the molecule is CNC(=O)C1CCCN(Cc2c(C(=O)O)cnn2C)C1. The van der Waals surface area contributed by atoms with Gasteiger partial charge in [-0.3, -0.25) is 14.4 Å². The topological polar surface area (TPSA) is 87.5 Å². The Balaban J connectivity index is 2.08. The Bertz CT molecular complexity index is 512. The van der Waals surface area contributed by atoms with E-state index in [1.54, 1.807) is 18.8 Å². The number of hydrogen-bond acceptors (Lipinski definition) is 4. The molecule has 1 unspecified atom stereocenters. The Labute approximate surface area is 117 Å². The Morgan fingerprint density at radius 2 is 2.30 bits per heavy atom. The van der Waals surface area contributed by atoms with Crippen molar-refractivity contribution in [1.29, 1.82) is 0 Å². The van der Waals surface area contributed by atoms with Crippen LogP contribution in [0, 0.1) is 5.92 Å². The van der Waals surface area contributed by atoms with Crippen LogP contribution >= 0.6 is 0 Å².